The first-order valence-corrected chi connectivity index (χ1v) is 8.91. The highest BCUT2D eigenvalue weighted by molar-refractivity contribution is 6.04. The number of fused-ring (bicyclic) bond motifs is 1. The molecule has 6 heteroatoms. The number of nitrogens with one attached hydrogen (secondary N) is 1. The van der Waals surface area contributed by atoms with Gasteiger partial charge in [-0.2, -0.15) is 0 Å². The second kappa shape index (κ2) is 8.00. The quantitative estimate of drug-likeness (QED) is 0.461. The highest BCUT2D eigenvalue weighted by Gasteiger charge is 2.19. The van der Waals surface area contributed by atoms with Gasteiger partial charge in [-0.1, -0.05) is 49.4 Å². The summed E-state index contributed by atoms with van der Waals surface area (Å²) in [4.78, 5) is 24.6. The summed E-state index contributed by atoms with van der Waals surface area (Å²) < 4.78 is 5.04. The van der Waals surface area contributed by atoms with Crippen LogP contribution in [0.3, 0.4) is 0 Å². The van der Waals surface area contributed by atoms with Crippen LogP contribution in [-0.2, 0) is 16.0 Å². The van der Waals surface area contributed by atoms with Gasteiger partial charge in [0, 0.05) is 16.5 Å². The van der Waals surface area contributed by atoms with Gasteiger partial charge in [-0.25, -0.2) is 4.79 Å². The monoisotopic (exact) mass is 379 g/mol. The number of aryl methyl sites for hydroxylation is 2. The van der Waals surface area contributed by atoms with Crippen molar-refractivity contribution >= 4 is 28.3 Å². The smallest absolute Gasteiger partial charge is 0.342 e. The maximum atomic E-state index is 12.3. The lowest BCUT2D eigenvalue weighted by Crippen LogP contribution is -2.22. The molecule has 3 rings (SSSR count). The fourth-order valence-electron chi connectivity index (χ4n) is 3.08. The summed E-state index contributed by atoms with van der Waals surface area (Å²) in [5, 5.41) is 23.9. The van der Waals surface area contributed by atoms with E-state index in [2.05, 4.69) is 5.32 Å². The van der Waals surface area contributed by atoms with Gasteiger partial charge in [-0.05, 0) is 30.5 Å². The first-order valence-electron chi connectivity index (χ1n) is 8.91. The summed E-state index contributed by atoms with van der Waals surface area (Å²) in [5.74, 6) is -1.83. The van der Waals surface area contributed by atoms with Crippen molar-refractivity contribution in [3.05, 3.63) is 65.2 Å². The van der Waals surface area contributed by atoms with Gasteiger partial charge in [0.1, 0.15) is 17.1 Å². The van der Waals surface area contributed by atoms with E-state index in [1.54, 1.807) is 24.3 Å². The lowest BCUT2D eigenvalue weighted by molar-refractivity contribution is -0.119. The molecular weight excluding hydrogens is 358 g/mol. The van der Waals surface area contributed by atoms with E-state index in [1.165, 1.54) is 0 Å². The molecule has 1 amide bonds. The number of hydrogen-bond acceptors (Lipinski definition) is 5. The van der Waals surface area contributed by atoms with E-state index in [0.717, 1.165) is 23.6 Å². The lowest BCUT2D eigenvalue weighted by Gasteiger charge is -2.13. The number of anilines is 1. The average Bonchev–Trinajstić information content (AvgIpc) is 2.70. The molecule has 0 radical (unpaired) electrons. The standard InChI is InChI=1S/C22H21NO5/c1-3-14-8-6-7-13(2)20(14)23-19(25)12-28-22(27)17-11-18(24)15-9-4-5-10-16(15)21(17)26/h4-11,24,26H,3,12H2,1-2H3,(H,23,25). The number of rotatable bonds is 5. The number of ether oxygens (including phenoxy) is 1. The van der Waals surface area contributed by atoms with E-state index in [0.29, 0.717) is 16.5 Å². The number of para-hydroxylation sites is 1. The molecule has 0 saturated heterocycles. The largest absolute Gasteiger partial charge is 0.507 e. The molecule has 0 heterocycles. The predicted octanol–water partition coefficient (Wildman–Crippen LogP) is 3.92. The number of amides is 1. The van der Waals surface area contributed by atoms with Crippen LogP contribution in [0.2, 0.25) is 0 Å². The second-order valence-electron chi connectivity index (χ2n) is 6.42. The molecule has 0 unspecified atom stereocenters. The number of benzene rings is 3. The van der Waals surface area contributed by atoms with Crippen LogP contribution in [-0.4, -0.2) is 28.7 Å². The van der Waals surface area contributed by atoms with E-state index in [4.69, 9.17) is 4.74 Å². The Morgan fingerprint density at radius 1 is 1.04 bits per heavy atom. The van der Waals surface area contributed by atoms with Crippen molar-refractivity contribution in [2.24, 2.45) is 0 Å². The maximum Gasteiger partial charge on any atom is 0.342 e. The molecule has 3 aromatic carbocycles. The molecule has 0 bridgehead atoms. The Bertz CT molecular complexity index is 1060. The third kappa shape index (κ3) is 3.76. The van der Waals surface area contributed by atoms with E-state index < -0.39 is 18.5 Å². The molecule has 0 fully saturated rings. The molecule has 0 aliphatic heterocycles. The van der Waals surface area contributed by atoms with Crippen LogP contribution >= 0.6 is 0 Å². The molecule has 0 aromatic heterocycles. The van der Waals surface area contributed by atoms with Gasteiger partial charge >= 0.3 is 5.97 Å². The van der Waals surface area contributed by atoms with Gasteiger partial charge in [0.25, 0.3) is 5.91 Å². The number of esters is 1. The maximum absolute atomic E-state index is 12.3. The van der Waals surface area contributed by atoms with E-state index >= 15 is 0 Å². The zero-order valence-corrected chi connectivity index (χ0v) is 15.7. The molecule has 0 saturated carbocycles. The molecule has 0 aliphatic rings. The number of hydrogen-bond donors (Lipinski definition) is 3. The number of aromatic hydroxyl groups is 2. The number of carbonyl (C=O) groups excluding carboxylic acids is 2. The fourth-order valence-corrected chi connectivity index (χ4v) is 3.08. The molecule has 28 heavy (non-hydrogen) atoms. The van der Waals surface area contributed by atoms with Crippen LogP contribution in [0.5, 0.6) is 11.5 Å². The van der Waals surface area contributed by atoms with Gasteiger partial charge in [0.05, 0.1) is 0 Å². The molecular formula is C22H21NO5. The van der Waals surface area contributed by atoms with Crippen LogP contribution in [0.4, 0.5) is 5.69 Å². The average molecular weight is 379 g/mol. The Morgan fingerprint density at radius 2 is 1.75 bits per heavy atom. The zero-order chi connectivity index (χ0) is 20.3. The highest BCUT2D eigenvalue weighted by atomic mass is 16.5. The first-order chi connectivity index (χ1) is 13.4. The summed E-state index contributed by atoms with van der Waals surface area (Å²) >= 11 is 0. The van der Waals surface area contributed by atoms with Crippen molar-refractivity contribution in [3.8, 4) is 11.5 Å². The molecule has 0 spiro atoms. The van der Waals surface area contributed by atoms with Crippen molar-refractivity contribution in [1.82, 2.24) is 0 Å². The van der Waals surface area contributed by atoms with Gasteiger partial charge in [-0.15, -0.1) is 0 Å². The van der Waals surface area contributed by atoms with Gasteiger partial charge in [-0.3, -0.25) is 4.79 Å². The van der Waals surface area contributed by atoms with Crippen molar-refractivity contribution in [3.63, 3.8) is 0 Å². The zero-order valence-electron chi connectivity index (χ0n) is 15.7. The summed E-state index contributed by atoms with van der Waals surface area (Å²) in [6.07, 6.45) is 0.751. The minimum Gasteiger partial charge on any atom is -0.507 e. The van der Waals surface area contributed by atoms with E-state index in [1.807, 2.05) is 32.0 Å². The second-order valence-corrected chi connectivity index (χ2v) is 6.42. The van der Waals surface area contributed by atoms with Crippen molar-refractivity contribution < 1.29 is 24.5 Å². The summed E-state index contributed by atoms with van der Waals surface area (Å²) in [6.45, 7) is 3.36. The molecule has 3 N–H and O–H groups in total. The molecule has 6 nitrogen and oxygen atoms in total. The van der Waals surface area contributed by atoms with Crippen LogP contribution in [0, 0.1) is 6.92 Å². The van der Waals surface area contributed by atoms with Crippen molar-refractivity contribution in [1.29, 1.82) is 0 Å². The SMILES string of the molecule is CCc1cccc(C)c1NC(=O)COC(=O)c1cc(O)c2ccccc2c1O. The van der Waals surface area contributed by atoms with E-state index in [-0.39, 0.29) is 17.1 Å². The van der Waals surface area contributed by atoms with Crippen LogP contribution in [0.15, 0.2) is 48.5 Å². The first kappa shape index (κ1) is 19.2. The van der Waals surface area contributed by atoms with Crippen LogP contribution in [0.1, 0.15) is 28.4 Å². The number of carbonyl (C=O) groups is 2. The van der Waals surface area contributed by atoms with Gasteiger partial charge in [0.15, 0.2) is 6.61 Å². The Labute approximate surface area is 162 Å². The lowest BCUT2D eigenvalue weighted by atomic mass is 10.0. The topological polar surface area (TPSA) is 95.9 Å². The Balaban J connectivity index is 1.74. The van der Waals surface area contributed by atoms with E-state index in [9.17, 15) is 19.8 Å². The Morgan fingerprint density at radius 3 is 2.46 bits per heavy atom. The van der Waals surface area contributed by atoms with Crippen molar-refractivity contribution in [2.75, 3.05) is 11.9 Å². The van der Waals surface area contributed by atoms with Crippen molar-refractivity contribution in [2.45, 2.75) is 20.3 Å². The summed E-state index contributed by atoms with van der Waals surface area (Å²) in [6, 6.07) is 13.4. The predicted molar refractivity (Wildman–Crippen MR) is 107 cm³/mol. The normalized spacial score (nSPS) is 10.6. The number of phenols is 2. The summed E-state index contributed by atoms with van der Waals surface area (Å²) in [5.41, 5.74) is 2.40. The van der Waals surface area contributed by atoms with Crippen LogP contribution < -0.4 is 5.32 Å². The Kier molecular flexibility index (Phi) is 5.49. The van der Waals surface area contributed by atoms with Gasteiger partial charge in [0.2, 0.25) is 0 Å². The third-order valence-electron chi connectivity index (χ3n) is 4.55. The minimum atomic E-state index is -0.894. The fraction of sp³-hybridized carbons (Fsp3) is 0.182. The van der Waals surface area contributed by atoms with Crippen LogP contribution in [0.25, 0.3) is 10.8 Å². The summed E-state index contributed by atoms with van der Waals surface area (Å²) in [7, 11) is 0. The molecule has 3 aromatic rings. The molecule has 0 aliphatic carbocycles. The molecule has 0 atom stereocenters. The Hall–Kier alpha value is -3.54. The minimum absolute atomic E-state index is 0.155. The third-order valence-corrected chi connectivity index (χ3v) is 4.55. The van der Waals surface area contributed by atoms with Gasteiger partial charge < -0.3 is 20.3 Å². The number of phenolic OH excluding ortho intramolecular Hbond substituents is 2. The highest BCUT2D eigenvalue weighted by Crippen LogP contribution is 2.35. The molecule has 144 valence electrons.